The van der Waals surface area contributed by atoms with Crippen LogP contribution in [0.15, 0.2) is 0 Å². The molecule has 0 spiro atoms. The van der Waals surface area contributed by atoms with Crippen molar-refractivity contribution in [3.05, 3.63) is 0 Å². The molecule has 2 fully saturated rings. The molecule has 0 bridgehead atoms. The molecular weight excluding hydrogens is 202 g/mol. The summed E-state index contributed by atoms with van der Waals surface area (Å²) in [7, 11) is 0. The van der Waals surface area contributed by atoms with Gasteiger partial charge in [-0.2, -0.15) is 0 Å². The Hall–Kier alpha value is -0.120. The van der Waals surface area contributed by atoms with Gasteiger partial charge >= 0.3 is 0 Å². The zero-order valence-electron chi connectivity index (χ0n) is 10.4. The van der Waals surface area contributed by atoms with Crippen LogP contribution in [0.25, 0.3) is 0 Å². The lowest BCUT2D eigenvalue weighted by Gasteiger charge is -2.44. The molecule has 3 nitrogen and oxygen atoms in total. The van der Waals surface area contributed by atoms with Crippen molar-refractivity contribution in [1.82, 2.24) is 0 Å². The molecule has 0 radical (unpaired) electrons. The van der Waals surface area contributed by atoms with Crippen LogP contribution in [0.4, 0.5) is 0 Å². The summed E-state index contributed by atoms with van der Waals surface area (Å²) in [5, 5.41) is 11.0. The fourth-order valence-electron chi connectivity index (χ4n) is 3.66. The Bertz CT molecular complexity index is 236. The molecule has 1 saturated heterocycles. The molecule has 3 atom stereocenters. The zero-order chi connectivity index (χ0) is 11.6. The second-order valence-electron chi connectivity index (χ2n) is 5.83. The largest absolute Gasteiger partial charge is 0.389 e. The van der Waals surface area contributed by atoms with Crippen molar-refractivity contribution < 1.29 is 9.84 Å². The first-order chi connectivity index (χ1) is 7.62. The van der Waals surface area contributed by atoms with E-state index in [4.69, 9.17) is 10.5 Å². The minimum absolute atomic E-state index is 0.0416. The van der Waals surface area contributed by atoms with Crippen LogP contribution in [0.5, 0.6) is 0 Å². The van der Waals surface area contributed by atoms with Crippen LogP contribution >= 0.6 is 0 Å². The summed E-state index contributed by atoms with van der Waals surface area (Å²) in [6.45, 7) is 4.37. The average Bonchev–Trinajstić information content (AvgIpc) is 2.52. The maximum atomic E-state index is 11.0. The van der Waals surface area contributed by atoms with Crippen LogP contribution in [0.2, 0.25) is 0 Å². The van der Waals surface area contributed by atoms with E-state index in [9.17, 15) is 5.11 Å². The van der Waals surface area contributed by atoms with Crippen LogP contribution in [-0.4, -0.2) is 30.5 Å². The Morgan fingerprint density at radius 1 is 1.31 bits per heavy atom. The van der Waals surface area contributed by atoms with E-state index in [0.29, 0.717) is 19.1 Å². The molecule has 0 amide bonds. The first-order valence-electron chi connectivity index (χ1n) is 6.62. The van der Waals surface area contributed by atoms with E-state index in [1.165, 1.54) is 6.42 Å². The highest BCUT2D eigenvalue weighted by molar-refractivity contribution is 5.03. The second-order valence-corrected chi connectivity index (χ2v) is 5.83. The summed E-state index contributed by atoms with van der Waals surface area (Å²) >= 11 is 0. The molecule has 1 heterocycles. The maximum Gasteiger partial charge on any atom is 0.0738 e. The smallest absolute Gasteiger partial charge is 0.0738 e. The van der Waals surface area contributed by atoms with Crippen LogP contribution in [0.3, 0.4) is 0 Å². The molecule has 2 rings (SSSR count). The first-order valence-corrected chi connectivity index (χ1v) is 6.62. The van der Waals surface area contributed by atoms with Gasteiger partial charge in [0, 0.05) is 31.6 Å². The summed E-state index contributed by atoms with van der Waals surface area (Å²) < 4.78 is 5.47. The van der Waals surface area contributed by atoms with Crippen LogP contribution in [0, 0.1) is 11.3 Å². The van der Waals surface area contributed by atoms with Gasteiger partial charge in [0.05, 0.1) is 5.60 Å². The van der Waals surface area contributed by atoms with E-state index in [2.05, 4.69) is 6.92 Å². The fraction of sp³-hybridized carbons (Fsp3) is 1.00. The number of ether oxygens (including phenoxy) is 1. The Labute approximate surface area is 98.4 Å². The van der Waals surface area contributed by atoms with Crippen molar-refractivity contribution in [2.24, 2.45) is 17.1 Å². The SMILES string of the molecule is CC1CCC(CN)(C2(O)CCCOCC2)C1. The van der Waals surface area contributed by atoms with Gasteiger partial charge in [-0.3, -0.25) is 0 Å². The lowest BCUT2D eigenvalue weighted by Crippen LogP contribution is -2.51. The third kappa shape index (κ3) is 2.01. The topological polar surface area (TPSA) is 55.5 Å². The van der Waals surface area contributed by atoms with E-state index in [1.807, 2.05) is 0 Å². The zero-order valence-corrected chi connectivity index (χ0v) is 10.4. The molecule has 0 aromatic heterocycles. The lowest BCUT2D eigenvalue weighted by atomic mass is 9.66. The maximum absolute atomic E-state index is 11.0. The van der Waals surface area contributed by atoms with E-state index in [1.54, 1.807) is 0 Å². The third-order valence-corrected chi connectivity index (χ3v) is 4.77. The van der Waals surface area contributed by atoms with E-state index < -0.39 is 5.60 Å². The average molecular weight is 227 g/mol. The van der Waals surface area contributed by atoms with Crippen molar-refractivity contribution in [3.8, 4) is 0 Å². The summed E-state index contributed by atoms with van der Waals surface area (Å²) in [6, 6.07) is 0. The number of aliphatic hydroxyl groups is 1. The van der Waals surface area contributed by atoms with Gasteiger partial charge in [0.15, 0.2) is 0 Å². The molecule has 3 heteroatoms. The monoisotopic (exact) mass is 227 g/mol. The fourth-order valence-corrected chi connectivity index (χ4v) is 3.66. The van der Waals surface area contributed by atoms with Gasteiger partial charge in [-0.25, -0.2) is 0 Å². The third-order valence-electron chi connectivity index (χ3n) is 4.77. The molecule has 16 heavy (non-hydrogen) atoms. The van der Waals surface area contributed by atoms with Crippen molar-refractivity contribution >= 4 is 0 Å². The minimum atomic E-state index is -0.580. The van der Waals surface area contributed by atoms with Gasteiger partial charge in [-0.05, 0) is 31.6 Å². The number of nitrogens with two attached hydrogens (primary N) is 1. The Kier molecular flexibility index (Phi) is 3.57. The van der Waals surface area contributed by atoms with Crippen molar-refractivity contribution in [3.63, 3.8) is 0 Å². The summed E-state index contributed by atoms with van der Waals surface area (Å²) in [6.07, 6.45) is 5.96. The molecule has 2 aliphatic rings. The molecule has 0 aromatic rings. The summed E-state index contributed by atoms with van der Waals surface area (Å²) in [5.74, 6) is 0.705. The standard InChI is InChI=1S/C13H25NO2/c1-11-3-5-12(9-11,10-14)13(15)4-2-7-16-8-6-13/h11,15H,2-10,14H2,1H3. The number of hydrogen-bond acceptors (Lipinski definition) is 3. The normalized spacial score (nSPS) is 45.6. The molecule has 3 unspecified atom stereocenters. The Balaban J connectivity index is 2.17. The van der Waals surface area contributed by atoms with Crippen LogP contribution < -0.4 is 5.73 Å². The Morgan fingerprint density at radius 3 is 2.75 bits per heavy atom. The van der Waals surface area contributed by atoms with Crippen LogP contribution in [-0.2, 0) is 4.74 Å². The Morgan fingerprint density at radius 2 is 2.12 bits per heavy atom. The molecule has 94 valence electrons. The summed E-state index contributed by atoms with van der Waals surface area (Å²) in [4.78, 5) is 0. The molecular formula is C13H25NO2. The number of hydrogen-bond donors (Lipinski definition) is 2. The second kappa shape index (κ2) is 4.63. The van der Waals surface area contributed by atoms with Crippen molar-refractivity contribution in [1.29, 1.82) is 0 Å². The molecule has 3 N–H and O–H groups in total. The van der Waals surface area contributed by atoms with Gasteiger partial charge in [0.25, 0.3) is 0 Å². The summed E-state index contributed by atoms with van der Waals surface area (Å²) in [5.41, 5.74) is 5.38. The van der Waals surface area contributed by atoms with Crippen LogP contribution in [0.1, 0.15) is 45.4 Å². The molecule has 0 aromatic carbocycles. The van der Waals surface area contributed by atoms with Gasteiger partial charge in [-0.1, -0.05) is 13.3 Å². The van der Waals surface area contributed by atoms with Gasteiger partial charge in [0.1, 0.15) is 0 Å². The molecule has 1 aliphatic carbocycles. The highest BCUT2D eigenvalue weighted by atomic mass is 16.5. The van der Waals surface area contributed by atoms with Gasteiger partial charge in [0.2, 0.25) is 0 Å². The van der Waals surface area contributed by atoms with E-state index in [0.717, 1.165) is 38.7 Å². The minimum Gasteiger partial charge on any atom is -0.389 e. The van der Waals surface area contributed by atoms with Gasteiger partial charge < -0.3 is 15.6 Å². The highest BCUT2D eigenvalue weighted by Gasteiger charge is 2.52. The van der Waals surface area contributed by atoms with Crippen molar-refractivity contribution in [2.45, 2.75) is 51.0 Å². The highest BCUT2D eigenvalue weighted by Crippen LogP contribution is 2.51. The van der Waals surface area contributed by atoms with Gasteiger partial charge in [-0.15, -0.1) is 0 Å². The molecule has 1 aliphatic heterocycles. The first kappa shape index (κ1) is 12.3. The predicted octanol–water partition coefficient (Wildman–Crippen LogP) is 1.68. The van der Waals surface area contributed by atoms with E-state index >= 15 is 0 Å². The lowest BCUT2D eigenvalue weighted by molar-refractivity contribution is -0.0924. The molecule has 1 saturated carbocycles. The van der Waals surface area contributed by atoms with E-state index in [-0.39, 0.29) is 5.41 Å². The predicted molar refractivity (Wildman–Crippen MR) is 64.1 cm³/mol. The number of rotatable bonds is 2. The van der Waals surface area contributed by atoms with Crippen molar-refractivity contribution in [2.75, 3.05) is 19.8 Å². The quantitative estimate of drug-likeness (QED) is 0.754.